The van der Waals surface area contributed by atoms with E-state index in [1.165, 1.54) is 5.56 Å². The number of rotatable bonds is 6. The third kappa shape index (κ3) is 4.42. The summed E-state index contributed by atoms with van der Waals surface area (Å²) in [4.78, 5) is 0. The fourth-order valence-electron chi connectivity index (χ4n) is 1.39. The van der Waals surface area contributed by atoms with E-state index in [0.717, 1.165) is 6.54 Å². The highest BCUT2D eigenvalue weighted by Gasteiger charge is 2.12. The Morgan fingerprint density at radius 2 is 1.93 bits per heavy atom. The first-order valence-corrected chi connectivity index (χ1v) is 5.30. The maximum Gasteiger partial charge on any atom is 0.0712 e. The summed E-state index contributed by atoms with van der Waals surface area (Å²) in [5.41, 5.74) is 1.19. The maximum atomic E-state index is 9.57. The molecule has 0 saturated carbocycles. The van der Waals surface area contributed by atoms with Gasteiger partial charge in [0, 0.05) is 19.2 Å². The third-order valence-electron chi connectivity index (χ3n) is 2.47. The largest absolute Gasteiger partial charge is 0.396 e. The highest BCUT2D eigenvalue weighted by molar-refractivity contribution is 5.14. The monoisotopic (exact) mass is 209 g/mol. The summed E-state index contributed by atoms with van der Waals surface area (Å²) in [5, 5.41) is 21.5. The van der Waals surface area contributed by atoms with E-state index in [0.29, 0.717) is 6.42 Å². The van der Waals surface area contributed by atoms with Crippen molar-refractivity contribution in [1.82, 2.24) is 5.32 Å². The lowest BCUT2D eigenvalue weighted by atomic mass is 10.1. The fourth-order valence-corrected chi connectivity index (χ4v) is 1.39. The van der Waals surface area contributed by atoms with Crippen molar-refractivity contribution < 1.29 is 10.2 Å². The van der Waals surface area contributed by atoms with Crippen molar-refractivity contribution in [2.45, 2.75) is 32.0 Å². The van der Waals surface area contributed by atoms with Gasteiger partial charge in [0.05, 0.1) is 6.10 Å². The normalized spacial score (nSPS) is 14.9. The molecule has 84 valence electrons. The quantitative estimate of drug-likeness (QED) is 0.652. The molecule has 3 nitrogen and oxygen atoms in total. The smallest absolute Gasteiger partial charge is 0.0712 e. The van der Waals surface area contributed by atoms with Crippen molar-refractivity contribution in [2.24, 2.45) is 0 Å². The summed E-state index contributed by atoms with van der Waals surface area (Å²) >= 11 is 0. The Bertz CT molecular complexity index is 264. The van der Waals surface area contributed by atoms with Crippen LogP contribution in [0.3, 0.4) is 0 Å². The van der Waals surface area contributed by atoms with Crippen molar-refractivity contribution in [3.05, 3.63) is 35.9 Å². The Morgan fingerprint density at radius 1 is 1.27 bits per heavy atom. The van der Waals surface area contributed by atoms with Gasteiger partial charge < -0.3 is 15.5 Å². The lowest BCUT2D eigenvalue weighted by Crippen LogP contribution is -2.37. The lowest BCUT2D eigenvalue weighted by molar-refractivity contribution is 0.101. The van der Waals surface area contributed by atoms with E-state index in [-0.39, 0.29) is 12.6 Å². The Balaban J connectivity index is 2.31. The van der Waals surface area contributed by atoms with Crippen molar-refractivity contribution in [1.29, 1.82) is 0 Å². The van der Waals surface area contributed by atoms with Crippen LogP contribution in [0, 0.1) is 0 Å². The second kappa shape index (κ2) is 6.56. The molecule has 0 aromatic heterocycles. The molecule has 15 heavy (non-hydrogen) atoms. The van der Waals surface area contributed by atoms with Gasteiger partial charge in [0.15, 0.2) is 0 Å². The number of hydrogen-bond acceptors (Lipinski definition) is 3. The van der Waals surface area contributed by atoms with Gasteiger partial charge in [-0.05, 0) is 18.9 Å². The van der Waals surface area contributed by atoms with Gasteiger partial charge in [0.25, 0.3) is 0 Å². The molecule has 0 radical (unpaired) electrons. The Kier molecular flexibility index (Phi) is 5.32. The molecule has 1 rings (SSSR count). The lowest BCUT2D eigenvalue weighted by Gasteiger charge is -2.19. The van der Waals surface area contributed by atoms with Crippen molar-refractivity contribution in [2.75, 3.05) is 6.61 Å². The summed E-state index contributed by atoms with van der Waals surface area (Å²) in [5.74, 6) is 0. The van der Waals surface area contributed by atoms with E-state index in [2.05, 4.69) is 5.32 Å². The molecule has 0 bridgehead atoms. The maximum absolute atomic E-state index is 9.57. The summed E-state index contributed by atoms with van der Waals surface area (Å²) in [6, 6.07) is 10.0. The molecule has 3 heteroatoms. The van der Waals surface area contributed by atoms with Crippen LogP contribution in [-0.4, -0.2) is 29.0 Å². The average molecular weight is 209 g/mol. The Labute approximate surface area is 90.8 Å². The fraction of sp³-hybridized carbons (Fsp3) is 0.500. The standard InChI is InChI=1S/C12H19NO2/c1-10(12(15)7-8-14)13-9-11-5-3-2-4-6-11/h2-6,10,12-15H,7-9H2,1H3/t10-,12+/m0/s1. The van der Waals surface area contributed by atoms with Crippen LogP contribution in [0.1, 0.15) is 18.9 Å². The van der Waals surface area contributed by atoms with Gasteiger partial charge in [0.2, 0.25) is 0 Å². The van der Waals surface area contributed by atoms with Gasteiger partial charge in [0.1, 0.15) is 0 Å². The summed E-state index contributed by atoms with van der Waals surface area (Å²) in [6.07, 6.45) is -0.0677. The SMILES string of the molecule is C[C@H](NCc1ccccc1)[C@H](O)CCO. The van der Waals surface area contributed by atoms with Crippen LogP contribution in [0.5, 0.6) is 0 Å². The van der Waals surface area contributed by atoms with Gasteiger partial charge in [-0.2, -0.15) is 0 Å². The molecule has 0 spiro atoms. The van der Waals surface area contributed by atoms with Crippen LogP contribution < -0.4 is 5.32 Å². The number of benzene rings is 1. The molecule has 0 fully saturated rings. The molecule has 0 aliphatic rings. The number of hydrogen-bond donors (Lipinski definition) is 3. The zero-order valence-corrected chi connectivity index (χ0v) is 9.06. The second-order valence-electron chi connectivity index (χ2n) is 3.73. The molecule has 2 atom stereocenters. The van der Waals surface area contributed by atoms with Crippen molar-refractivity contribution in [3.63, 3.8) is 0 Å². The zero-order chi connectivity index (χ0) is 11.1. The van der Waals surface area contributed by atoms with E-state index in [9.17, 15) is 5.11 Å². The van der Waals surface area contributed by atoms with Gasteiger partial charge >= 0.3 is 0 Å². The van der Waals surface area contributed by atoms with Crippen molar-refractivity contribution in [3.8, 4) is 0 Å². The number of aliphatic hydroxyl groups excluding tert-OH is 2. The van der Waals surface area contributed by atoms with Crippen LogP contribution in [0.15, 0.2) is 30.3 Å². The minimum atomic E-state index is -0.487. The van der Waals surface area contributed by atoms with Crippen molar-refractivity contribution >= 4 is 0 Å². The molecule has 0 amide bonds. The molecule has 0 saturated heterocycles. The van der Waals surface area contributed by atoms with E-state index < -0.39 is 6.10 Å². The summed E-state index contributed by atoms with van der Waals surface area (Å²) < 4.78 is 0. The number of aliphatic hydroxyl groups is 2. The van der Waals surface area contributed by atoms with Crippen LogP contribution in [0.4, 0.5) is 0 Å². The van der Waals surface area contributed by atoms with Gasteiger partial charge in [-0.25, -0.2) is 0 Å². The average Bonchev–Trinajstić information content (AvgIpc) is 2.27. The molecular formula is C12H19NO2. The van der Waals surface area contributed by atoms with Crippen LogP contribution in [-0.2, 0) is 6.54 Å². The van der Waals surface area contributed by atoms with Gasteiger partial charge in [-0.15, -0.1) is 0 Å². The number of nitrogens with one attached hydrogen (secondary N) is 1. The van der Waals surface area contributed by atoms with Crippen LogP contribution >= 0.6 is 0 Å². The first-order valence-electron chi connectivity index (χ1n) is 5.30. The molecular weight excluding hydrogens is 190 g/mol. The van der Waals surface area contributed by atoms with E-state index in [1.54, 1.807) is 0 Å². The predicted octanol–water partition coefficient (Wildman–Crippen LogP) is 0.908. The molecule has 1 aromatic carbocycles. The highest BCUT2D eigenvalue weighted by Crippen LogP contribution is 2.01. The zero-order valence-electron chi connectivity index (χ0n) is 9.06. The first-order chi connectivity index (χ1) is 7.24. The third-order valence-corrected chi connectivity index (χ3v) is 2.47. The van der Waals surface area contributed by atoms with Crippen LogP contribution in [0.25, 0.3) is 0 Å². The molecule has 0 heterocycles. The minimum absolute atomic E-state index is 0.00245. The summed E-state index contributed by atoms with van der Waals surface area (Å²) in [7, 11) is 0. The molecule has 0 unspecified atom stereocenters. The Hall–Kier alpha value is -0.900. The highest BCUT2D eigenvalue weighted by atomic mass is 16.3. The van der Waals surface area contributed by atoms with E-state index >= 15 is 0 Å². The molecule has 0 aliphatic heterocycles. The van der Waals surface area contributed by atoms with Crippen LogP contribution in [0.2, 0.25) is 0 Å². The Morgan fingerprint density at radius 3 is 2.53 bits per heavy atom. The topological polar surface area (TPSA) is 52.5 Å². The molecule has 0 aliphatic carbocycles. The van der Waals surface area contributed by atoms with E-state index in [4.69, 9.17) is 5.11 Å². The first kappa shape index (κ1) is 12.2. The molecule has 3 N–H and O–H groups in total. The predicted molar refractivity (Wildman–Crippen MR) is 60.5 cm³/mol. The van der Waals surface area contributed by atoms with Gasteiger partial charge in [-0.1, -0.05) is 30.3 Å². The minimum Gasteiger partial charge on any atom is -0.396 e. The summed E-state index contributed by atoms with van der Waals surface area (Å²) in [6.45, 7) is 2.69. The molecule has 1 aromatic rings. The second-order valence-corrected chi connectivity index (χ2v) is 3.73. The van der Waals surface area contributed by atoms with Gasteiger partial charge in [-0.3, -0.25) is 0 Å². The van der Waals surface area contributed by atoms with E-state index in [1.807, 2.05) is 37.3 Å².